The SMILES string of the molecule is C[C@@]1(F)C(n2cnc3c(N)ccnc32)O[C@@H]2COP(=O)(O)O[C@@H]3C[C@@H](COP(=O)(O)O[C@H]21)OC3n1cnc2c(=O)[nH]c(N)nc21. The van der Waals surface area contributed by atoms with E-state index in [4.69, 9.17) is 39.0 Å². The van der Waals surface area contributed by atoms with Crippen molar-refractivity contribution in [3.63, 3.8) is 0 Å². The second-order valence-electron chi connectivity index (χ2n) is 10.8. The Kier molecular flexibility index (Phi) is 7.13. The zero-order chi connectivity index (χ0) is 31.9. The normalized spacial score (nSPS) is 37.7. The lowest BCUT2D eigenvalue weighted by Crippen LogP contribution is -2.42. The summed E-state index contributed by atoms with van der Waals surface area (Å²) < 4.78 is 78.3. The molecule has 3 aliphatic heterocycles. The van der Waals surface area contributed by atoms with Crippen LogP contribution < -0.4 is 17.0 Å². The Hall–Kier alpha value is -3.36. The smallest absolute Gasteiger partial charge is 0.397 e. The van der Waals surface area contributed by atoms with Crippen LogP contribution in [0.4, 0.5) is 16.0 Å². The molecule has 9 atom stereocenters. The molecule has 3 saturated heterocycles. The highest BCUT2D eigenvalue weighted by Gasteiger charge is 2.60. The maximum absolute atomic E-state index is 16.6. The van der Waals surface area contributed by atoms with Crippen LogP contribution >= 0.6 is 15.6 Å². The first-order valence-corrected chi connectivity index (χ1v) is 16.3. The molecule has 7 N–H and O–H groups in total. The van der Waals surface area contributed by atoms with Crippen molar-refractivity contribution in [2.24, 2.45) is 0 Å². The number of pyridine rings is 1. The van der Waals surface area contributed by atoms with Crippen LogP contribution in [0.5, 0.6) is 0 Å². The molecule has 0 saturated carbocycles. The van der Waals surface area contributed by atoms with E-state index in [2.05, 4.69) is 24.9 Å². The number of hydrogen-bond acceptors (Lipinski definition) is 15. The number of fused-ring (bicyclic) bond motifs is 5. The van der Waals surface area contributed by atoms with Crippen molar-refractivity contribution in [1.29, 1.82) is 0 Å². The van der Waals surface area contributed by atoms with Crippen LogP contribution in [0.25, 0.3) is 22.3 Å². The number of imidazole rings is 2. The molecule has 7 heterocycles. The molecule has 3 aliphatic rings. The van der Waals surface area contributed by atoms with E-state index >= 15 is 4.39 Å². The highest BCUT2D eigenvalue weighted by molar-refractivity contribution is 7.47. The summed E-state index contributed by atoms with van der Waals surface area (Å²) in [6.45, 7) is -0.381. The molecule has 45 heavy (non-hydrogen) atoms. The van der Waals surface area contributed by atoms with E-state index in [-0.39, 0.29) is 40.4 Å². The fraction of sp³-hybridized carbons (Fsp3) is 0.500. The van der Waals surface area contributed by atoms with Gasteiger partial charge in [-0.1, -0.05) is 0 Å². The number of H-pyrrole nitrogens is 1. The Bertz CT molecular complexity index is 1950. The van der Waals surface area contributed by atoms with E-state index < -0.39 is 77.0 Å². The molecular formula is C22H26FN9O11P2. The third-order valence-electron chi connectivity index (χ3n) is 7.64. The maximum Gasteiger partial charge on any atom is 0.472 e. The van der Waals surface area contributed by atoms with Crippen LogP contribution in [0.1, 0.15) is 25.8 Å². The number of hydrogen-bond donors (Lipinski definition) is 5. The summed E-state index contributed by atoms with van der Waals surface area (Å²) in [5.41, 5.74) is 8.93. The number of aromatic nitrogens is 7. The number of nitrogens with two attached hydrogens (primary N) is 2. The maximum atomic E-state index is 16.6. The number of phosphoric acid groups is 2. The third kappa shape index (κ3) is 5.34. The Morgan fingerprint density at radius 1 is 1.00 bits per heavy atom. The Morgan fingerprint density at radius 2 is 1.71 bits per heavy atom. The molecule has 4 unspecified atom stereocenters. The van der Waals surface area contributed by atoms with Crippen molar-refractivity contribution in [2.45, 2.75) is 55.9 Å². The Balaban J connectivity index is 1.21. The number of aromatic amines is 1. The number of nitrogens with one attached hydrogen (secondary N) is 1. The van der Waals surface area contributed by atoms with Crippen molar-refractivity contribution in [1.82, 2.24) is 34.1 Å². The van der Waals surface area contributed by atoms with E-state index in [1.54, 1.807) is 0 Å². The summed E-state index contributed by atoms with van der Waals surface area (Å²) in [4.78, 5) is 52.3. The standard InChI is InChI=1S/C22H26FN9O11P2/c1-22(23)15-12(41-20(22)32-8-27-13-10(24)2-3-26-16(13)32)6-39-44(34,35)42-11-4-9(5-38-45(36,37)43-15)40-19(11)31-7-28-14-17(31)29-21(25)30-18(14)33/h2-3,7-9,11-12,15,19-20H,4-6H2,1H3,(H2,24,26)(H,34,35)(H,36,37)(H3,25,29,30,33)/t9-,11+,12+,15+,19?,20?,22-/m0/s1. The molecule has 0 radical (unpaired) electrons. The minimum Gasteiger partial charge on any atom is -0.397 e. The van der Waals surface area contributed by atoms with Gasteiger partial charge in [0.05, 0.1) is 37.7 Å². The molecule has 0 amide bonds. The van der Waals surface area contributed by atoms with Crippen LogP contribution in [0, 0.1) is 0 Å². The lowest BCUT2D eigenvalue weighted by molar-refractivity contribution is -0.0673. The van der Waals surface area contributed by atoms with E-state index in [0.29, 0.717) is 0 Å². The van der Waals surface area contributed by atoms with E-state index in [1.807, 2.05) is 0 Å². The number of rotatable bonds is 2. The van der Waals surface area contributed by atoms with Crippen LogP contribution in [0.3, 0.4) is 0 Å². The van der Waals surface area contributed by atoms with Gasteiger partial charge in [0.15, 0.2) is 34.9 Å². The molecule has 20 nitrogen and oxygen atoms in total. The molecule has 0 aromatic carbocycles. The average Bonchev–Trinajstić information content (AvgIpc) is 3.71. The van der Waals surface area contributed by atoms with Gasteiger partial charge in [-0.25, -0.2) is 28.5 Å². The summed E-state index contributed by atoms with van der Waals surface area (Å²) in [7, 11) is -10.0. The van der Waals surface area contributed by atoms with Crippen molar-refractivity contribution >= 4 is 49.6 Å². The number of nitrogens with zero attached hydrogens (tertiary/aromatic N) is 6. The second-order valence-corrected chi connectivity index (χ2v) is 13.6. The topological polar surface area (TPSA) is 276 Å². The summed E-state index contributed by atoms with van der Waals surface area (Å²) in [6.07, 6.45) is -4.89. The summed E-state index contributed by atoms with van der Waals surface area (Å²) in [5.74, 6) is -0.228. The highest BCUT2D eigenvalue weighted by atomic mass is 31.2. The number of anilines is 2. The summed E-state index contributed by atoms with van der Waals surface area (Å²) in [6, 6.07) is 1.50. The molecule has 2 bridgehead atoms. The third-order valence-corrected chi connectivity index (χ3v) is 9.62. The lowest BCUT2D eigenvalue weighted by atomic mass is 9.98. The largest absolute Gasteiger partial charge is 0.472 e. The quantitative estimate of drug-likeness (QED) is 0.183. The number of ether oxygens (including phenoxy) is 2. The van der Waals surface area contributed by atoms with E-state index in [1.165, 1.54) is 34.1 Å². The number of halogens is 1. The predicted molar refractivity (Wildman–Crippen MR) is 148 cm³/mol. The fourth-order valence-corrected chi connectivity index (χ4v) is 7.62. The van der Waals surface area contributed by atoms with Crippen LogP contribution in [0.15, 0.2) is 29.7 Å². The van der Waals surface area contributed by atoms with Gasteiger partial charge in [0, 0.05) is 12.6 Å². The van der Waals surface area contributed by atoms with E-state index in [0.717, 1.165) is 6.92 Å². The van der Waals surface area contributed by atoms with Crippen LogP contribution in [-0.2, 0) is 36.7 Å². The summed E-state index contributed by atoms with van der Waals surface area (Å²) in [5, 5.41) is 0. The molecule has 0 spiro atoms. The van der Waals surface area contributed by atoms with Gasteiger partial charge in [-0.3, -0.25) is 37.0 Å². The summed E-state index contributed by atoms with van der Waals surface area (Å²) >= 11 is 0. The van der Waals surface area contributed by atoms with Crippen molar-refractivity contribution in [3.8, 4) is 0 Å². The van der Waals surface area contributed by atoms with E-state index in [9.17, 15) is 23.7 Å². The molecule has 4 aromatic heterocycles. The van der Waals surface area contributed by atoms with Crippen molar-refractivity contribution in [3.05, 3.63) is 35.3 Å². The first-order valence-electron chi connectivity index (χ1n) is 13.3. The molecule has 4 aromatic rings. The van der Waals surface area contributed by atoms with Crippen LogP contribution in [0.2, 0.25) is 0 Å². The average molecular weight is 673 g/mol. The minimum atomic E-state index is -5.04. The van der Waals surface area contributed by atoms with Gasteiger partial charge in [0.2, 0.25) is 5.95 Å². The first-order chi connectivity index (χ1) is 21.2. The lowest BCUT2D eigenvalue weighted by Gasteiger charge is -2.29. The molecular weight excluding hydrogens is 647 g/mol. The minimum absolute atomic E-state index is 0.0267. The van der Waals surface area contributed by atoms with Gasteiger partial charge in [0.1, 0.15) is 23.8 Å². The van der Waals surface area contributed by atoms with Crippen molar-refractivity contribution < 1.29 is 50.9 Å². The van der Waals surface area contributed by atoms with Gasteiger partial charge in [-0.05, 0) is 13.0 Å². The van der Waals surface area contributed by atoms with Gasteiger partial charge in [0.25, 0.3) is 5.56 Å². The fourth-order valence-electron chi connectivity index (χ4n) is 5.65. The van der Waals surface area contributed by atoms with Gasteiger partial charge in [-0.15, -0.1) is 0 Å². The van der Waals surface area contributed by atoms with Crippen LogP contribution in [-0.4, -0.2) is 87.1 Å². The predicted octanol–water partition coefficient (Wildman–Crippen LogP) is 0.660. The monoisotopic (exact) mass is 673 g/mol. The molecule has 23 heteroatoms. The van der Waals surface area contributed by atoms with Gasteiger partial charge in [-0.2, -0.15) is 4.98 Å². The van der Waals surface area contributed by atoms with Gasteiger partial charge < -0.3 is 30.7 Å². The number of phosphoric ester groups is 2. The molecule has 0 aliphatic carbocycles. The molecule has 3 fully saturated rings. The second kappa shape index (κ2) is 10.6. The Labute approximate surface area is 250 Å². The number of nitrogen functional groups attached to an aromatic ring is 2. The zero-order valence-electron chi connectivity index (χ0n) is 23.1. The first kappa shape index (κ1) is 30.3. The zero-order valence-corrected chi connectivity index (χ0v) is 24.9. The number of alkyl halides is 1. The molecule has 7 rings (SSSR count). The Morgan fingerprint density at radius 3 is 2.51 bits per heavy atom. The molecule has 242 valence electrons. The van der Waals surface area contributed by atoms with Crippen molar-refractivity contribution in [2.75, 3.05) is 24.7 Å². The van der Waals surface area contributed by atoms with Gasteiger partial charge >= 0.3 is 15.6 Å². The highest BCUT2D eigenvalue weighted by Crippen LogP contribution is 2.56.